The van der Waals surface area contributed by atoms with E-state index in [1.807, 2.05) is 12.3 Å². The van der Waals surface area contributed by atoms with Crippen molar-refractivity contribution in [3.05, 3.63) is 53.5 Å². The number of nitrogens with two attached hydrogens (primary N) is 1. The van der Waals surface area contributed by atoms with Crippen molar-refractivity contribution >= 4 is 32.9 Å². The average Bonchev–Trinajstić information content (AvgIpc) is 3.01. The predicted molar refractivity (Wildman–Crippen MR) is 95.6 cm³/mol. The van der Waals surface area contributed by atoms with Crippen LogP contribution in [-0.2, 0) is 0 Å². The Hall–Kier alpha value is -2.11. The van der Waals surface area contributed by atoms with Crippen LogP contribution in [0.1, 0.15) is 18.7 Å². The number of nitrogens with zero attached hydrogens (tertiary/aromatic N) is 1. The maximum absolute atomic E-state index is 5.81. The molecule has 0 saturated heterocycles. The topological polar surface area (TPSA) is 63.0 Å². The molecule has 2 aromatic carbocycles. The molecule has 0 fully saturated rings. The summed E-state index contributed by atoms with van der Waals surface area (Å²) in [5, 5.41) is 12.2. The molecule has 0 aliphatic rings. The number of thiazole rings is 1. The minimum Gasteiger partial charge on any atom is -0.383 e. The lowest BCUT2D eigenvalue weighted by atomic mass is 10.1. The quantitative estimate of drug-likeness (QED) is 0.605. The van der Waals surface area contributed by atoms with Gasteiger partial charge in [0.15, 0.2) is 5.13 Å². The van der Waals surface area contributed by atoms with Gasteiger partial charge in [-0.25, -0.2) is 4.98 Å². The summed E-state index contributed by atoms with van der Waals surface area (Å²) in [5.41, 5.74) is 7.92. The minimum atomic E-state index is -0.0133. The van der Waals surface area contributed by atoms with Crippen LogP contribution in [0.4, 0.5) is 10.8 Å². The SMILES string of the molecule is CC(N)c1csc(NCCNc2cccc3ccccc23)n1. The normalized spacial score (nSPS) is 12.3. The summed E-state index contributed by atoms with van der Waals surface area (Å²) < 4.78 is 0. The number of nitrogens with one attached hydrogen (secondary N) is 2. The van der Waals surface area contributed by atoms with Gasteiger partial charge in [-0.15, -0.1) is 11.3 Å². The van der Waals surface area contributed by atoms with Crippen molar-refractivity contribution < 1.29 is 0 Å². The summed E-state index contributed by atoms with van der Waals surface area (Å²) in [5.74, 6) is 0. The lowest BCUT2D eigenvalue weighted by Crippen LogP contribution is -2.14. The first-order valence-corrected chi connectivity index (χ1v) is 8.28. The molecule has 3 aromatic rings. The summed E-state index contributed by atoms with van der Waals surface area (Å²) >= 11 is 1.60. The molecular weight excluding hydrogens is 292 g/mol. The van der Waals surface area contributed by atoms with Gasteiger partial charge in [-0.2, -0.15) is 0 Å². The molecule has 1 atom stereocenters. The number of benzene rings is 2. The third kappa shape index (κ3) is 3.37. The van der Waals surface area contributed by atoms with Crippen molar-refractivity contribution in [2.75, 3.05) is 23.7 Å². The maximum atomic E-state index is 5.81. The lowest BCUT2D eigenvalue weighted by Gasteiger charge is -2.10. The molecule has 5 heteroatoms. The van der Waals surface area contributed by atoms with Crippen LogP contribution in [0, 0.1) is 0 Å². The van der Waals surface area contributed by atoms with Gasteiger partial charge in [0, 0.05) is 35.6 Å². The van der Waals surface area contributed by atoms with E-state index < -0.39 is 0 Å². The van der Waals surface area contributed by atoms with E-state index in [1.165, 1.54) is 10.8 Å². The van der Waals surface area contributed by atoms with Crippen molar-refractivity contribution in [3.8, 4) is 0 Å². The van der Waals surface area contributed by atoms with Crippen LogP contribution in [0.25, 0.3) is 10.8 Å². The Balaban J connectivity index is 1.56. The molecular formula is C17H20N4S. The van der Waals surface area contributed by atoms with Gasteiger partial charge in [-0.05, 0) is 18.4 Å². The lowest BCUT2D eigenvalue weighted by molar-refractivity contribution is 0.789. The first-order valence-electron chi connectivity index (χ1n) is 7.40. The second-order valence-corrected chi connectivity index (χ2v) is 6.10. The first kappa shape index (κ1) is 14.8. The molecule has 4 nitrogen and oxygen atoms in total. The third-order valence-electron chi connectivity index (χ3n) is 3.49. The number of hydrogen-bond donors (Lipinski definition) is 3. The molecule has 0 amide bonds. The molecule has 22 heavy (non-hydrogen) atoms. The van der Waals surface area contributed by atoms with E-state index in [0.717, 1.165) is 29.6 Å². The van der Waals surface area contributed by atoms with Gasteiger partial charge in [0.25, 0.3) is 0 Å². The Morgan fingerprint density at radius 1 is 1.09 bits per heavy atom. The molecule has 114 valence electrons. The van der Waals surface area contributed by atoms with Crippen molar-refractivity contribution in [1.82, 2.24) is 4.98 Å². The van der Waals surface area contributed by atoms with Gasteiger partial charge in [0.05, 0.1) is 5.69 Å². The van der Waals surface area contributed by atoms with Crippen molar-refractivity contribution in [2.45, 2.75) is 13.0 Å². The predicted octanol–water partition coefficient (Wildman–Crippen LogP) is 3.84. The Morgan fingerprint density at radius 3 is 2.68 bits per heavy atom. The van der Waals surface area contributed by atoms with E-state index in [1.54, 1.807) is 11.3 Å². The van der Waals surface area contributed by atoms with E-state index in [0.29, 0.717) is 0 Å². The zero-order valence-electron chi connectivity index (χ0n) is 12.5. The van der Waals surface area contributed by atoms with Crippen LogP contribution >= 0.6 is 11.3 Å². The van der Waals surface area contributed by atoms with E-state index in [9.17, 15) is 0 Å². The number of rotatable bonds is 6. The molecule has 0 aliphatic carbocycles. The first-order chi connectivity index (χ1) is 10.7. The standard InChI is InChI=1S/C17H20N4S/c1-12(18)16-11-22-17(21-16)20-10-9-19-15-8-4-6-13-5-2-3-7-14(13)15/h2-8,11-12,19H,9-10,18H2,1H3,(H,20,21). The van der Waals surface area contributed by atoms with Gasteiger partial charge in [-0.1, -0.05) is 36.4 Å². The molecule has 3 rings (SSSR count). The van der Waals surface area contributed by atoms with Crippen LogP contribution in [0.3, 0.4) is 0 Å². The van der Waals surface area contributed by atoms with Crippen molar-refractivity contribution in [2.24, 2.45) is 5.73 Å². The molecule has 0 spiro atoms. The average molecular weight is 312 g/mol. The van der Waals surface area contributed by atoms with Gasteiger partial charge in [0.2, 0.25) is 0 Å². The largest absolute Gasteiger partial charge is 0.383 e. The zero-order chi connectivity index (χ0) is 15.4. The molecule has 0 saturated carbocycles. The Bertz CT molecular complexity index is 746. The smallest absolute Gasteiger partial charge is 0.182 e. The van der Waals surface area contributed by atoms with Crippen LogP contribution in [0.5, 0.6) is 0 Å². The summed E-state index contributed by atoms with van der Waals surface area (Å²) in [6.07, 6.45) is 0. The molecule has 4 N–H and O–H groups in total. The number of anilines is 2. The summed E-state index contributed by atoms with van der Waals surface area (Å²) in [7, 11) is 0. The summed E-state index contributed by atoms with van der Waals surface area (Å²) in [6, 6.07) is 14.7. The van der Waals surface area contributed by atoms with E-state index >= 15 is 0 Å². The van der Waals surface area contributed by atoms with Crippen LogP contribution in [0.15, 0.2) is 47.8 Å². The highest BCUT2D eigenvalue weighted by atomic mass is 32.1. The highest BCUT2D eigenvalue weighted by Crippen LogP contribution is 2.23. The Labute approximate surface area is 134 Å². The fourth-order valence-corrected chi connectivity index (χ4v) is 3.17. The van der Waals surface area contributed by atoms with E-state index in [4.69, 9.17) is 5.73 Å². The van der Waals surface area contributed by atoms with Crippen LogP contribution in [-0.4, -0.2) is 18.1 Å². The summed E-state index contributed by atoms with van der Waals surface area (Å²) in [6.45, 7) is 3.59. The Kier molecular flexibility index (Phi) is 4.56. The maximum Gasteiger partial charge on any atom is 0.182 e. The van der Waals surface area contributed by atoms with Gasteiger partial charge >= 0.3 is 0 Å². The fraction of sp³-hybridized carbons (Fsp3) is 0.235. The number of fused-ring (bicyclic) bond motifs is 1. The highest BCUT2D eigenvalue weighted by molar-refractivity contribution is 7.13. The van der Waals surface area contributed by atoms with Crippen LogP contribution in [0.2, 0.25) is 0 Å². The van der Waals surface area contributed by atoms with Gasteiger partial charge in [0.1, 0.15) is 0 Å². The molecule has 0 aliphatic heterocycles. The van der Waals surface area contributed by atoms with Gasteiger partial charge in [-0.3, -0.25) is 0 Å². The highest BCUT2D eigenvalue weighted by Gasteiger charge is 2.05. The molecule has 1 heterocycles. The third-order valence-corrected chi connectivity index (χ3v) is 4.31. The second-order valence-electron chi connectivity index (χ2n) is 5.25. The van der Waals surface area contributed by atoms with Crippen LogP contribution < -0.4 is 16.4 Å². The number of hydrogen-bond acceptors (Lipinski definition) is 5. The minimum absolute atomic E-state index is 0.0133. The van der Waals surface area contributed by atoms with Crippen molar-refractivity contribution in [1.29, 1.82) is 0 Å². The summed E-state index contributed by atoms with van der Waals surface area (Å²) in [4.78, 5) is 4.46. The van der Waals surface area contributed by atoms with Gasteiger partial charge < -0.3 is 16.4 Å². The van der Waals surface area contributed by atoms with E-state index in [-0.39, 0.29) is 6.04 Å². The fourth-order valence-electron chi connectivity index (χ4n) is 2.32. The second kappa shape index (κ2) is 6.77. The van der Waals surface area contributed by atoms with E-state index in [2.05, 4.69) is 58.1 Å². The van der Waals surface area contributed by atoms with Crippen molar-refractivity contribution in [3.63, 3.8) is 0 Å². The molecule has 0 radical (unpaired) electrons. The number of aromatic nitrogens is 1. The Morgan fingerprint density at radius 2 is 1.86 bits per heavy atom. The molecule has 1 aromatic heterocycles. The zero-order valence-corrected chi connectivity index (χ0v) is 13.4. The monoisotopic (exact) mass is 312 g/mol. The molecule has 0 bridgehead atoms. The molecule has 1 unspecified atom stereocenters.